The number of rotatable bonds is 5. The molecule has 0 radical (unpaired) electrons. The first-order valence-corrected chi connectivity index (χ1v) is 6.56. The molecule has 0 saturated carbocycles. The van der Waals surface area contributed by atoms with Gasteiger partial charge in [-0.15, -0.1) is 0 Å². The lowest BCUT2D eigenvalue weighted by Crippen LogP contribution is -2.14. The molecule has 0 spiro atoms. The SMILES string of the molecule is CCOC(=O)Nc1cccc(NCc2ccc(F)cc2)n1. The summed E-state index contributed by atoms with van der Waals surface area (Å²) in [6.45, 7) is 2.54. The van der Waals surface area contributed by atoms with Gasteiger partial charge in [-0.3, -0.25) is 5.32 Å². The highest BCUT2D eigenvalue weighted by atomic mass is 19.1. The summed E-state index contributed by atoms with van der Waals surface area (Å²) in [5, 5.41) is 5.63. The first-order valence-electron chi connectivity index (χ1n) is 6.56. The summed E-state index contributed by atoms with van der Waals surface area (Å²) in [5.74, 6) is 0.740. The van der Waals surface area contributed by atoms with E-state index in [0.717, 1.165) is 5.56 Å². The Balaban J connectivity index is 1.94. The van der Waals surface area contributed by atoms with Crippen LogP contribution in [0.25, 0.3) is 0 Å². The smallest absolute Gasteiger partial charge is 0.412 e. The van der Waals surface area contributed by atoms with Crippen LogP contribution in [0.2, 0.25) is 0 Å². The van der Waals surface area contributed by atoms with Gasteiger partial charge in [-0.05, 0) is 36.8 Å². The molecular formula is C15H16FN3O2. The first kappa shape index (κ1) is 14.8. The number of hydrogen-bond donors (Lipinski definition) is 2. The second-order valence-corrected chi connectivity index (χ2v) is 4.23. The third-order valence-electron chi connectivity index (χ3n) is 2.64. The van der Waals surface area contributed by atoms with E-state index in [0.29, 0.717) is 24.8 Å². The molecule has 2 rings (SSSR count). The van der Waals surface area contributed by atoms with Gasteiger partial charge < -0.3 is 10.1 Å². The van der Waals surface area contributed by atoms with E-state index in [1.54, 1.807) is 37.3 Å². The van der Waals surface area contributed by atoms with Crippen molar-refractivity contribution in [3.63, 3.8) is 0 Å². The number of aromatic nitrogens is 1. The number of nitrogens with zero attached hydrogens (tertiary/aromatic N) is 1. The Morgan fingerprint density at radius 1 is 1.19 bits per heavy atom. The number of pyridine rings is 1. The summed E-state index contributed by atoms with van der Waals surface area (Å²) in [5.41, 5.74) is 0.932. The number of ether oxygens (including phenoxy) is 1. The van der Waals surface area contributed by atoms with Crippen LogP contribution in [-0.4, -0.2) is 17.7 Å². The van der Waals surface area contributed by atoms with Crippen LogP contribution in [0, 0.1) is 5.82 Å². The molecule has 110 valence electrons. The Kier molecular flexibility index (Phi) is 5.09. The number of anilines is 2. The lowest BCUT2D eigenvalue weighted by atomic mass is 10.2. The minimum atomic E-state index is -0.541. The molecule has 1 aromatic heterocycles. The number of nitrogens with one attached hydrogen (secondary N) is 2. The van der Waals surface area contributed by atoms with Gasteiger partial charge in [0.1, 0.15) is 17.5 Å². The topological polar surface area (TPSA) is 63.2 Å². The predicted octanol–water partition coefficient (Wildman–Crippen LogP) is 3.40. The van der Waals surface area contributed by atoms with Crippen molar-refractivity contribution in [3.05, 3.63) is 53.8 Å². The van der Waals surface area contributed by atoms with E-state index >= 15 is 0 Å². The second kappa shape index (κ2) is 7.23. The summed E-state index contributed by atoms with van der Waals surface area (Å²) < 4.78 is 17.6. The molecule has 1 aromatic carbocycles. The van der Waals surface area contributed by atoms with Gasteiger partial charge in [0.05, 0.1) is 6.61 Å². The van der Waals surface area contributed by atoms with Crippen molar-refractivity contribution in [2.75, 3.05) is 17.2 Å². The molecule has 0 unspecified atom stereocenters. The zero-order valence-electron chi connectivity index (χ0n) is 11.6. The average molecular weight is 289 g/mol. The summed E-state index contributed by atoms with van der Waals surface area (Å²) >= 11 is 0. The van der Waals surface area contributed by atoms with Gasteiger partial charge in [0.25, 0.3) is 0 Å². The van der Waals surface area contributed by atoms with Crippen molar-refractivity contribution in [2.45, 2.75) is 13.5 Å². The highest BCUT2D eigenvalue weighted by Crippen LogP contribution is 2.11. The number of benzene rings is 1. The Morgan fingerprint density at radius 3 is 2.62 bits per heavy atom. The molecule has 6 heteroatoms. The van der Waals surface area contributed by atoms with Gasteiger partial charge in [0.2, 0.25) is 0 Å². The van der Waals surface area contributed by atoms with Crippen LogP contribution in [0.1, 0.15) is 12.5 Å². The number of amides is 1. The van der Waals surface area contributed by atoms with Gasteiger partial charge in [0, 0.05) is 6.54 Å². The van der Waals surface area contributed by atoms with E-state index in [-0.39, 0.29) is 5.82 Å². The molecule has 0 saturated heterocycles. The van der Waals surface area contributed by atoms with Crippen molar-refractivity contribution < 1.29 is 13.9 Å². The predicted molar refractivity (Wildman–Crippen MR) is 78.6 cm³/mol. The Bertz CT molecular complexity index is 602. The zero-order valence-corrected chi connectivity index (χ0v) is 11.6. The standard InChI is InChI=1S/C15H16FN3O2/c1-2-21-15(20)19-14-5-3-4-13(18-14)17-10-11-6-8-12(16)9-7-11/h3-9H,2,10H2,1H3,(H2,17,18,19,20). The number of hydrogen-bond acceptors (Lipinski definition) is 4. The number of halogens is 1. The molecule has 0 aliphatic rings. The van der Waals surface area contributed by atoms with Crippen LogP contribution in [0.3, 0.4) is 0 Å². The van der Waals surface area contributed by atoms with Crippen molar-refractivity contribution in [2.24, 2.45) is 0 Å². The Hall–Kier alpha value is -2.63. The minimum absolute atomic E-state index is 0.266. The quantitative estimate of drug-likeness (QED) is 0.885. The fraction of sp³-hybridized carbons (Fsp3) is 0.200. The highest BCUT2D eigenvalue weighted by molar-refractivity contribution is 5.83. The Labute approximate surface area is 122 Å². The molecule has 2 aromatic rings. The van der Waals surface area contributed by atoms with Crippen LogP contribution in [0.5, 0.6) is 0 Å². The maximum atomic E-state index is 12.8. The maximum Gasteiger partial charge on any atom is 0.412 e. The molecule has 0 atom stereocenters. The highest BCUT2D eigenvalue weighted by Gasteiger charge is 2.03. The van der Waals surface area contributed by atoms with Crippen LogP contribution >= 0.6 is 0 Å². The van der Waals surface area contributed by atoms with Crippen molar-refractivity contribution in [1.29, 1.82) is 0 Å². The van der Waals surface area contributed by atoms with E-state index in [1.807, 2.05) is 0 Å². The number of carbonyl (C=O) groups is 1. The molecule has 21 heavy (non-hydrogen) atoms. The van der Waals surface area contributed by atoms with Gasteiger partial charge in [-0.1, -0.05) is 18.2 Å². The van der Waals surface area contributed by atoms with Crippen LogP contribution in [0.15, 0.2) is 42.5 Å². The lowest BCUT2D eigenvalue weighted by molar-refractivity contribution is 0.168. The largest absolute Gasteiger partial charge is 0.450 e. The zero-order chi connectivity index (χ0) is 15.1. The fourth-order valence-corrected chi connectivity index (χ4v) is 1.67. The van der Waals surface area contributed by atoms with Gasteiger partial charge >= 0.3 is 6.09 Å². The summed E-state index contributed by atoms with van der Waals surface area (Å²) in [6.07, 6.45) is -0.541. The van der Waals surface area contributed by atoms with E-state index in [9.17, 15) is 9.18 Å². The Morgan fingerprint density at radius 2 is 1.90 bits per heavy atom. The molecule has 1 heterocycles. The molecule has 2 N–H and O–H groups in total. The second-order valence-electron chi connectivity index (χ2n) is 4.23. The van der Waals surface area contributed by atoms with E-state index in [4.69, 9.17) is 4.74 Å². The maximum absolute atomic E-state index is 12.8. The third-order valence-corrected chi connectivity index (χ3v) is 2.64. The lowest BCUT2D eigenvalue weighted by Gasteiger charge is -2.08. The summed E-state index contributed by atoms with van der Waals surface area (Å²) in [4.78, 5) is 15.5. The van der Waals surface area contributed by atoms with Gasteiger partial charge in [-0.2, -0.15) is 0 Å². The van der Waals surface area contributed by atoms with Crippen LogP contribution in [-0.2, 0) is 11.3 Å². The fourth-order valence-electron chi connectivity index (χ4n) is 1.67. The van der Waals surface area contributed by atoms with Crippen molar-refractivity contribution in [3.8, 4) is 0 Å². The van der Waals surface area contributed by atoms with Crippen molar-refractivity contribution in [1.82, 2.24) is 4.98 Å². The van der Waals surface area contributed by atoms with Crippen molar-refractivity contribution >= 4 is 17.7 Å². The third kappa shape index (κ3) is 4.76. The van der Waals surface area contributed by atoms with Crippen LogP contribution < -0.4 is 10.6 Å². The monoisotopic (exact) mass is 289 g/mol. The van der Waals surface area contributed by atoms with E-state index in [2.05, 4.69) is 15.6 Å². The normalized spacial score (nSPS) is 10.0. The molecule has 0 fully saturated rings. The van der Waals surface area contributed by atoms with Gasteiger partial charge in [-0.25, -0.2) is 14.2 Å². The first-order chi connectivity index (χ1) is 10.2. The molecular weight excluding hydrogens is 273 g/mol. The molecule has 5 nitrogen and oxygen atoms in total. The van der Waals surface area contributed by atoms with E-state index < -0.39 is 6.09 Å². The number of carbonyl (C=O) groups excluding carboxylic acids is 1. The summed E-state index contributed by atoms with van der Waals surface area (Å²) in [6, 6.07) is 11.4. The van der Waals surface area contributed by atoms with Gasteiger partial charge in [0.15, 0.2) is 0 Å². The molecule has 0 aliphatic carbocycles. The molecule has 1 amide bonds. The molecule has 0 bridgehead atoms. The van der Waals surface area contributed by atoms with Crippen LogP contribution in [0.4, 0.5) is 20.8 Å². The summed E-state index contributed by atoms with van der Waals surface area (Å²) in [7, 11) is 0. The van der Waals surface area contributed by atoms with E-state index in [1.165, 1.54) is 12.1 Å². The average Bonchev–Trinajstić information content (AvgIpc) is 2.47. The minimum Gasteiger partial charge on any atom is -0.450 e. The molecule has 0 aliphatic heterocycles.